The van der Waals surface area contributed by atoms with E-state index in [2.05, 4.69) is 18.3 Å². The molecule has 1 N–H and O–H groups in total. The average molecular weight is 233 g/mol. The quantitative estimate of drug-likeness (QED) is 0.860. The van der Waals surface area contributed by atoms with Gasteiger partial charge in [-0.15, -0.1) is 0 Å². The van der Waals surface area contributed by atoms with Crippen LogP contribution in [0.4, 0.5) is 0 Å². The molecule has 2 saturated carbocycles. The predicted octanol–water partition coefficient (Wildman–Crippen LogP) is 3.55. The van der Waals surface area contributed by atoms with Crippen molar-refractivity contribution in [1.82, 2.24) is 5.32 Å². The molecule has 1 heterocycles. The lowest BCUT2D eigenvalue weighted by atomic mass is 9.72. The molecule has 0 bridgehead atoms. The number of hydrogen-bond acceptors (Lipinski definition) is 2. The Balaban J connectivity index is 1.65. The maximum Gasteiger partial charge on any atom is 0.0937 e. The maximum atomic E-state index is 5.27. The first-order chi connectivity index (χ1) is 8.33. The maximum absolute atomic E-state index is 5.27. The van der Waals surface area contributed by atoms with Gasteiger partial charge in [-0.05, 0) is 61.6 Å². The zero-order valence-electron chi connectivity index (χ0n) is 10.7. The van der Waals surface area contributed by atoms with Crippen LogP contribution in [-0.4, -0.2) is 12.6 Å². The van der Waals surface area contributed by atoms with Crippen LogP contribution in [0.15, 0.2) is 23.0 Å². The number of hydrogen-bond donors (Lipinski definition) is 1. The molecule has 0 saturated heterocycles. The van der Waals surface area contributed by atoms with Gasteiger partial charge in [0.25, 0.3) is 0 Å². The Morgan fingerprint density at radius 2 is 2.18 bits per heavy atom. The minimum Gasteiger partial charge on any atom is -0.472 e. The summed E-state index contributed by atoms with van der Waals surface area (Å²) in [6.07, 6.45) is 10.6. The van der Waals surface area contributed by atoms with Crippen molar-refractivity contribution in [2.24, 2.45) is 11.8 Å². The van der Waals surface area contributed by atoms with Gasteiger partial charge in [-0.1, -0.05) is 13.3 Å². The van der Waals surface area contributed by atoms with Crippen molar-refractivity contribution >= 4 is 0 Å². The van der Waals surface area contributed by atoms with Crippen molar-refractivity contribution in [1.29, 1.82) is 0 Å². The zero-order valence-corrected chi connectivity index (χ0v) is 10.7. The van der Waals surface area contributed by atoms with E-state index in [-0.39, 0.29) is 0 Å². The van der Waals surface area contributed by atoms with Crippen molar-refractivity contribution in [3.8, 4) is 0 Å². The summed E-state index contributed by atoms with van der Waals surface area (Å²) in [5.41, 5.74) is 1.42. The molecule has 0 radical (unpaired) electrons. The summed E-state index contributed by atoms with van der Waals surface area (Å²) in [4.78, 5) is 0. The lowest BCUT2D eigenvalue weighted by Crippen LogP contribution is -2.32. The third-order valence-electron chi connectivity index (χ3n) is 4.47. The van der Waals surface area contributed by atoms with Crippen molar-refractivity contribution < 1.29 is 4.42 Å². The van der Waals surface area contributed by atoms with Crippen LogP contribution in [-0.2, 0) is 0 Å². The van der Waals surface area contributed by atoms with Crippen molar-refractivity contribution in [3.63, 3.8) is 0 Å². The highest BCUT2D eigenvalue weighted by Crippen LogP contribution is 2.40. The Bertz CT molecular complexity index is 342. The Kier molecular flexibility index (Phi) is 3.24. The first-order valence-electron chi connectivity index (χ1n) is 7.08. The minimum atomic E-state index is 0.712. The fraction of sp³-hybridized carbons (Fsp3) is 0.733. The van der Waals surface area contributed by atoms with E-state index in [9.17, 15) is 0 Å². The van der Waals surface area contributed by atoms with E-state index < -0.39 is 0 Å². The van der Waals surface area contributed by atoms with E-state index >= 15 is 0 Å². The number of nitrogens with one attached hydrogen (secondary N) is 1. The van der Waals surface area contributed by atoms with Crippen molar-refractivity contribution in [2.45, 2.75) is 51.0 Å². The first kappa shape index (κ1) is 11.3. The standard InChI is InChI=1S/C15H23NO/c1-11-2-3-12(9-16-14-4-5-14)15(8-11)13-6-7-17-10-13/h6-7,10-12,14-16H,2-5,8-9H2,1H3. The van der Waals surface area contributed by atoms with Crippen LogP contribution in [0.5, 0.6) is 0 Å². The van der Waals surface area contributed by atoms with Gasteiger partial charge in [0.05, 0.1) is 12.5 Å². The Morgan fingerprint density at radius 3 is 2.88 bits per heavy atom. The number of furan rings is 1. The third kappa shape index (κ3) is 2.74. The van der Waals surface area contributed by atoms with E-state index in [0.717, 1.165) is 17.9 Å². The van der Waals surface area contributed by atoms with Gasteiger partial charge in [0.2, 0.25) is 0 Å². The van der Waals surface area contributed by atoms with Gasteiger partial charge in [-0.3, -0.25) is 0 Å². The molecule has 0 amide bonds. The molecule has 3 rings (SSSR count). The number of rotatable bonds is 4. The topological polar surface area (TPSA) is 25.2 Å². The van der Waals surface area contributed by atoms with Gasteiger partial charge < -0.3 is 9.73 Å². The third-order valence-corrected chi connectivity index (χ3v) is 4.47. The minimum absolute atomic E-state index is 0.712. The Labute approximate surface area is 104 Å². The highest BCUT2D eigenvalue weighted by atomic mass is 16.3. The fourth-order valence-electron chi connectivity index (χ4n) is 3.19. The summed E-state index contributed by atoms with van der Waals surface area (Å²) in [7, 11) is 0. The summed E-state index contributed by atoms with van der Waals surface area (Å²) in [6.45, 7) is 3.59. The summed E-state index contributed by atoms with van der Waals surface area (Å²) in [5, 5.41) is 3.70. The molecule has 3 unspecified atom stereocenters. The summed E-state index contributed by atoms with van der Waals surface area (Å²) in [6, 6.07) is 2.99. The molecule has 0 aliphatic heterocycles. The average Bonchev–Trinajstić information content (AvgIpc) is 3.00. The molecule has 2 aliphatic rings. The van der Waals surface area contributed by atoms with Crippen LogP contribution in [0.2, 0.25) is 0 Å². The normalized spacial score (nSPS) is 33.8. The second-order valence-electron chi connectivity index (χ2n) is 6.02. The Morgan fingerprint density at radius 1 is 1.29 bits per heavy atom. The fourth-order valence-corrected chi connectivity index (χ4v) is 3.19. The molecule has 2 fully saturated rings. The molecule has 1 aromatic heterocycles. The van der Waals surface area contributed by atoms with E-state index in [1.54, 1.807) is 0 Å². The molecule has 3 atom stereocenters. The van der Waals surface area contributed by atoms with Crippen molar-refractivity contribution in [3.05, 3.63) is 24.2 Å². The van der Waals surface area contributed by atoms with Crippen LogP contribution in [0, 0.1) is 11.8 Å². The van der Waals surface area contributed by atoms with Crippen molar-refractivity contribution in [2.75, 3.05) is 6.54 Å². The highest BCUT2D eigenvalue weighted by molar-refractivity contribution is 5.15. The van der Waals surface area contributed by atoms with E-state index in [1.807, 2.05) is 12.5 Å². The zero-order chi connectivity index (χ0) is 11.7. The van der Waals surface area contributed by atoms with Gasteiger partial charge in [-0.25, -0.2) is 0 Å². The summed E-state index contributed by atoms with van der Waals surface area (Å²) in [5.74, 6) is 2.39. The lowest BCUT2D eigenvalue weighted by Gasteiger charge is -2.34. The second-order valence-corrected chi connectivity index (χ2v) is 6.02. The monoisotopic (exact) mass is 233 g/mol. The molecular weight excluding hydrogens is 210 g/mol. The van der Waals surface area contributed by atoms with Crippen LogP contribution < -0.4 is 5.32 Å². The molecule has 1 aromatic rings. The highest BCUT2D eigenvalue weighted by Gasteiger charge is 2.31. The van der Waals surface area contributed by atoms with Crippen LogP contribution in [0.1, 0.15) is 50.5 Å². The molecule has 2 heteroatoms. The predicted molar refractivity (Wildman–Crippen MR) is 69.0 cm³/mol. The molecule has 0 aromatic carbocycles. The lowest BCUT2D eigenvalue weighted by molar-refractivity contribution is 0.240. The molecule has 17 heavy (non-hydrogen) atoms. The molecule has 0 spiro atoms. The largest absolute Gasteiger partial charge is 0.472 e. The van der Waals surface area contributed by atoms with Gasteiger partial charge in [-0.2, -0.15) is 0 Å². The van der Waals surface area contributed by atoms with Crippen LogP contribution in [0.3, 0.4) is 0 Å². The van der Waals surface area contributed by atoms with Gasteiger partial charge in [0, 0.05) is 6.04 Å². The molecular formula is C15H23NO. The van der Waals surface area contributed by atoms with Gasteiger partial charge in [0.15, 0.2) is 0 Å². The summed E-state index contributed by atoms with van der Waals surface area (Å²) < 4.78 is 5.27. The van der Waals surface area contributed by atoms with Crippen LogP contribution >= 0.6 is 0 Å². The van der Waals surface area contributed by atoms with E-state index in [0.29, 0.717) is 5.92 Å². The van der Waals surface area contributed by atoms with E-state index in [4.69, 9.17) is 4.42 Å². The first-order valence-corrected chi connectivity index (χ1v) is 7.08. The molecule has 2 nitrogen and oxygen atoms in total. The van der Waals surface area contributed by atoms with Gasteiger partial charge >= 0.3 is 0 Å². The molecule has 2 aliphatic carbocycles. The second kappa shape index (κ2) is 4.85. The van der Waals surface area contributed by atoms with Gasteiger partial charge in [0.1, 0.15) is 0 Å². The Hall–Kier alpha value is -0.760. The van der Waals surface area contributed by atoms with Crippen LogP contribution in [0.25, 0.3) is 0 Å². The smallest absolute Gasteiger partial charge is 0.0937 e. The SMILES string of the molecule is CC1CCC(CNC2CC2)C(c2ccoc2)C1. The molecule has 94 valence electrons. The summed E-state index contributed by atoms with van der Waals surface area (Å²) >= 11 is 0. The van der Waals surface area contributed by atoms with E-state index in [1.165, 1.54) is 44.2 Å².